The van der Waals surface area contributed by atoms with Crippen LogP contribution >= 0.6 is 0 Å². The number of carbonyl (C=O) groups is 1. The molecule has 3 rings (SSSR count). The number of fused-ring (bicyclic) bond motifs is 3. The molecule has 2 heterocycles. The summed E-state index contributed by atoms with van der Waals surface area (Å²) in [6.45, 7) is 7.33. The molecule has 22 heavy (non-hydrogen) atoms. The van der Waals surface area contributed by atoms with Crippen LogP contribution in [0.1, 0.15) is 43.2 Å². The summed E-state index contributed by atoms with van der Waals surface area (Å²) in [5.41, 5.74) is 3.79. The van der Waals surface area contributed by atoms with Gasteiger partial charge in [-0.05, 0) is 25.0 Å². The molecule has 0 aromatic heterocycles. The molecule has 3 atom stereocenters. The van der Waals surface area contributed by atoms with E-state index in [0.717, 1.165) is 44.6 Å². The van der Waals surface area contributed by atoms with E-state index in [9.17, 15) is 4.79 Å². The van der Waals surface area contributed by atoms with Crippen molar-refractivity contribution in [2.75, 3.05) is 31.6 Å². The molecule has 2 amide bonds. The van der Waals surface area contributed by atoms with Crippen LogP contribution in [0, 0.1) is 6.92 Å². The number of hydrogen-bond acceptors (Lipinski definition) is 1. The lowest BCUT2D eigenvalue weighted by Crippen LogP contribution is -3.11. The third-order valence-electron chi connectivity index (χ3n) is 5.10. The van der Waals surface area contributed by atoms with Crippen molar-refractivity contribution in [3.63, 3.8) is 0 Å². The van der Waals surface area contributed by atoms with Crippen LogP contribution in [-0.2, 0) is 0 Å². The second-order valence-electron chi connectivity index (χ2n) is 6.89. The van der Waals surface area contributed by atoms with Gasteiger partial charge in [0.25, 0.3) is 0 Å². The van der Waals surface area contributed by atoms with Crippen LogP contribution in [0.2, 0.25) is 0 Å². The summed E-state index contributed by atoms with van der Waals surface area (Å²) in [6, 6.07) is 6.97. The third kappa shape index (κ3) is 2.72. The molecule has 2 N–H and O–H groups in total. The lowest BCUT2D eigenvalue weighted by Gasteiger charge is -2.34. The summed E-state index contributed by atoms with van der Waals surface area (Å²) < 4.78 is 0. The molecule has 1 fully saturated rings. The third-order valence-corrected chi connectivity index (χ3v) is 5.10. The molecule has 2 aliphatic rings. The minimum absolute atomic E-state index is 0.0885. The molecular weight excluding hydrogens is 274 g/mol. The van der Waals surface area contributed by atoms with Gasteiger partial charge in [-0.1, -0.05) is 31.0 Å². The number of nitrogens with one attached hydrogen (secondary N) is 2. The highest BCUT2D eigenvalue weighted by Crippen LogP contribution is 2.42. The second-order valence-corrected chi connectivity index (χ2v) is 6.89. The summed E-state index contributed by atoms with van der Waals surface area (Å²) in [7, 11) is 2.26. The number of likely N-dealkylation sites (tertiary alicyclic amines) is 1. The van der Waals surface area contributed by atoms with Gasteiger partial charge in [0, 0.05) is 18.7 Å². The standard InChI is InChI=1S/C18H27N3O/c1-4-5-9-19-18(22)21-16-7-6-13(2)11-14(16)15-12-20(3)10-8-17(15)21/h6-7,11,15,17H,4-5,8-10,12H2,1-3H3,(H,19,22)/p+1/t15-,17-/m1/s1. The summed E-state index contributed by atoms with van der Waals surface area (Å²) in [5, 5.41) is 3.11. The second kappa shape index (κ2) is 6.29. The van der Waals surface area contributed by atoms with Gasteiger partial charge < -0.3 is 10.2 Å². The molecule has 0 bridgehead atoms. The van der Waals surface area contributed by atoms with Crippen LogP contribution in [0.5, 0.6) is 0 Å². The van der Waals surface area contributed by atoms with Gasteiger partial charge in [0.2, 0.25) is 0 Å². The fourth-order valence-electron chi connectivity index (χ4n) is 3.92. The van der Waals surface area contributed by atoms with E-state index in [1.54, 1.807) is 4.90 Å². The predicted molar refractivity (Wildman–Crippen MR) is 89.7 cm³/mol. The minimum atomic E-state index is 0.0885. The normalized spacial score (nSPS) is 26.5. The molecule has 4 heteroatoms. The van der Waals surface area contributed by atoms with Gasteiger partial charge in [-0.2, -0.15) is 0 Å². The summed E-state index contributed by atoms with van der Waals surface area (Å²) in [6.07, 6.45) is 3.24. The van der Waals surface area contributed by atoms with Crippen molar-refractivity contribution in [2.45, 2.75) is 45.1 Å². The minimum Gasteiger partial charge on any atom is -0.338 e. The number of urea groups is 1. The average molecular weight is 302 g/mol. The van der Waals surface area contributed by atoms with Gasteiger partial charge in [0.05, 0.1) is 32.1 Å². The maximum Gasteiger partial charge on any atom is 0.322 e. The maximum absolute atomic E-state index is 12.7. The number of piperidine rings is 1. The molecule has 4 nitrogen and oxygen atoms in total. The van der Waals surface area contributed by atoms with Crippen molar-refractivity contribution >= 4 is 11.7 Å². The zero-order valence-electron chi connectivity index (χ0n) is 14.0. The van der Waals surface area contributed by atoms with Gasteiger partial charge in [-0.25, -0.2) is 4.79 Å². The van der Waals surface area contributed by atoms with E-state index in [2.05, 4.69) is 44.4 Å². The van der Waals surface area contributed by atoms with E-state index in [1.165, 1.54) is 11.1 Å². The maximum atomic E-state index is 12.7. The number of amides is 2. The van der Waals surface area contributed by atoms with E-state index in [1.807, 2.05) is 4.90 Å². The van der Waals surface area contributed by atoms with Gasteiger partial charge in [-0.3, -0.25) is 4.90 Å². The number of carbonyl (C=O) groups excluding carboxylic acids is 1. The lowest BCUT2D eigenvalue weighted by molar-refractivity contribution is -0.886. The smallest absolute Gasteiger partial charge is 0.322 e. The molecule has 0 spiro atoms. The van der Waals surface area contributed by atoms with Crippen LogP contribution in [-0.4, -0.2) is 38.8 Å². The summed E-state index contributed by atoms with van der Waals surface area (Å²) >= 11 is 0. The van der Waals surface area contributed by atoms with Crippen LogP contribution in [0.4, 0.5) is 10.5 Å². The van der Waals surface area contributed by atoms with Crippen molar-refractivity contribution < 1.29 is 9.69 Å². The molecule has 120 valence electrons. The summed E-state index contributed by atoms with van der Waals surface area (Å²) in [4.78, 5) is 16.3. The number of hydrogen-bond donors (Lipinski definition) is 2. The van der Waals surface area contributed by atoms with Gasteiger partial charge in [0.1, 0.15) is 0 Å². The van der Waals surface area contributed by atoms with Gasteiger partial charge >= 0.3 is 6.03 Å². The molecule has 0 saturated carbocycles. The van der Waals surface area contributed by atoms with Crippen LogP contribution < -0.4 is 15.1 Å². The van der Waals surface area contributed by atoms with Crippen LogP contribution in [0.15, 0.2) is 18.2 Å². The van der Waals surface area contributed by atoms with E-state index in [0.29, 0.717) is 12.0 Å². The fourth-order valence-corrected chi connectivity index (χ4v) is 3.92. The van der Waals surface area contributed by atoms with E-state index < -0.39 is 0 Å². The van der Waals surface area contributed by atoms with Crippen molar-refractivity contribution in [1.29, 1.82) is 0 Å². The molecule has 0 aliphatic carbocycles. The Kier molecular flexibility index (Phi) is 4.39. The van der Waals surface area contributed by atoms with Crippen molar-refractivity contribution in [2.24, 2.45) is 0 Å². The number of likely N-dealkylation sites (N-methyl/N-ethyl adjacent to an activating group) is 1. The Labute approximate surface area is 133 Å². The molecule has 1 aromatic rings. The quantitative estimate of drug-likeness (QED) is 0.819. The predicted octanol–water partition coefficient (Wildman–Crippen LogP) is 1.70. The summed E-state index contributed by atoms with van der Waals surface area (Å²) in [5.74, 6) is 0.487. The highest BCUT2D eigenvalue weighted by Gasteiger charge is 2.45. The first-order valence-corrected chi connectivity index (χ1v) is 8.60. The number of rotatable bonds is 3. The molecule has 0 radical (unpaired) electrons. The van der Waals surface area contributed by atoms with E-state index >= 15 is 0 Å². The van der Waals surface area contributed by atoms with E-state index in [4.69, 9.17) is 0 Å². The Morgan fingerprint density at radius 3 is 3.05 bits per heavy atom. The van der Waals surface area contributed by atoms with Crippen molar-refractivity contribution in [3.05, 3.63) is 29.3 Å². The van der Waals surface area contributed by atoms with E-state index in [-0.39, 0.29) is 6.03 Å². The SMILES string of the molecule is CCCCNC(=O)N1c2ccc(C)cc2[C@H]2C[NH+](C)CC[C@H]21. The first-order chi connectivity index (χ1) is 10.6. The average Bonchev–Trinajstić information content (AvgIpc) is 2.80. The number of benzene rings is 1. The first kappa shape index (κ1) is 15.3. The Hall–Kier alpha value is -1.55. The zero-order valence-corrected chi connectivity index (χ0v) is 14.0. The van der Waals surface area contributed by atoms with Crippen molar-refractivity contribution in [1.82, 2.24) is 5.32 Å². The monoisotopic (exact) mass is 302 g/mol. The highest BCUT2D eigenvalue weighted by molar-refractivity contribution is 5.95. The molecule has 1 unspecified atom stereocenters. The number of anilines is 1. The number of unbranched alkanes of at least 4 members (excludes halogenated alkanes) is 1. The fraction of sp³-hybridized carbons (Fsp3) is 0.611. The number of nitrogens with zero attached hydrogens (tertiary/aromatic N) is 1. The Morgan fingerprint density at radius 2 is 2.27 bits per heavy atom. The highest BCUT2D eigenvalue weighted by atomic mass is 16.2. The molecule has 1 aromatic carbocycles. The van der Waals surface area contributed by atoms with Crippen LogP contribution in [0.3, 0.4) is 0 Å². The molecule has 1 saturated heterocycles. The number of quaternary nitrogens is 1. The Balaban J connectivity index is 1.88. The van der Waals surface area contributed by atoms with Crippen molar-refractivity contribution in [3.8, 4) is 0 Å². The number of aryl methyl sites for hydroxylation is 1. The Bertz CT molecular complexity index is 557. The lowest BCUT2D eigenvalue weighted by atomic mass is 9.89. The van der Waals surface area contributed by atoms with Gasteiger partial charge in [0.15, 0.2) is 0 Å². The first-order valence-electron chi connectivity index (χ1n) is 8.60. The van der Waals surface area contributed by atoms with Crippen LogP contribution in [0.25, 0.3) is 0 Å². The van der Waals surface area contributed by atoms with Gasteiger partial charge in [-0.15, -0.1) is 0 Å². The molecule has 2 aliphatic heterocycles. The molecular formula is C18H28N3O+. The zero-order chi connectivity index (χ0) is 15.7. The Morgan fingerprint density at radius 1 is 1.45 bits per heavy atom. The largest absolute Gasteiger partial charge is 0.338 e. The topological polar surface area (TPSA) is 36.8 Å².